The number of likely N-dealkylation sites (N-methyl/N-ethyl adjacent to an activating group) is 1. The molecule has 0 aromatic rings. The molecule has 1 heterocycles. The number of carboxylic acid groups (broad SMARTS) is 1. The second kappa shape index (κ2) is 6.93. The third-order valence-corrected chi connectivity index (χ3v) is 3.22. The summed E-state index contributed by atoms with van der Waals surface area (Å²) in [7, 11) is 0. The minimum absolute atomic E-state index is 0.189. The maximum Gasteiger partial charge on any atom is 0.322 e. The van der Waals surface area contributed by atoms with Crippen LogP contribution in [0.5, 0.6) is 0 Å². The fourth-order valence-corrected chi connectivity index (χ4v) is 2.22. The van der Waals surface area contributed by atoms with Crippen LogP contribution < -0.4 is 5.32 Å². The van der Waals surface area contributed by atoms with Gasteiger partial charge >= 0.3 is 5.97 Å². The van der Waals surface area contributed by atoms with Gasteiger partial charge in [-0.1, -0.05) is 13.8 Å². The Balaban J connectivity index is 2.58. The predicted molar refractivity (Wildman–Crippen MR) is 66.2 cm³/mol. The fourth-order valence-electron chi connectivity index (χ4n) is 2.22. The van der Waals surface area contributed by atoms with Crippen LogP contribution in [0.3, 0.4) is 0 Å². The molecular weight excluding hydrogens is 220 g/mol. The minimum Gasteiger partial charge on any atom is -0.480 e. The number of hydrogen-bond donors (Lipinski definition) is 2. The number of ether oxygens (including phenoxy) is 1. The third kappa shape index (κ3) is 4.26. The molecule has 0 bridgehead atoms. The van der Waals surface area contributed by atoms with Gasteiger partial charge in [-0.05, 0) is 19.9 Å². The second-order valence-electron chi connectivity index (χ2n) is 4.61. The van der Waals surface area contributed by atoms with Gasteiger partial charge < -0.3 is 15.2 Å². The summed E-state index contributed by atoms with van der Waals surface area (Å²) in [5, 5.41) is 12.1. The van der Waals surface area contributed by atoms with Crippen LogP contribution in [0.1, 0.15) is 27.2 Å². The fraction of sp³-hybridized carbons (Fsp3) is 0.917. The molecule has 0 aromatic carbocycles. The molecule has 5 heteroatoms. The van der Waals surface area contributed by atoms with E-state index < -0.39 is 12.0 Å². The van der Waals surface area contributed by atoms with Crippen LogP contribution in [0.4, 0.5) is 0 Å². The van der Waals surface area contributed by atoms with Crippen molar-refractivity contribution in [3.8, 4) is 0 Å². The summed E-state index contributed by atoms with van der Waals surface area (Å²) in [4.78, 5) is 13.4. The Kier molecular flexibility index (Phi) is 5.88. The average Bonchev–Trinajstić information content (AvgIpc) is 2.28. The largest absolute Gasteiger partial charge is 0.480 e. The number of hydrogen-bond acceptors (Lipinski definition) is 4. The monoisotopic (exact) mass is 244 g/mol. The van der Waals surface area contributed by atoms with Crippen molar-refractivity contribution in [3.63, 3.8) is 0 Å². The van der Waals surface area contributed by atoms with Crippen LogP contribution in [0.2, 0.25) is 0 Å². The lowest BCUT2D eigenvalue weighted by Crippen LogP contribution is -2.55. The van der Waals surface area contributed by atoms with E-state index in [-0.39, 0.29) is 6.10 Å². The van der Waals surface area contributed by atoms with E-state index >= 15 is 0 Å². The van der Waals surface area contributed by atoms with Gasteiger partial charge in [0, 0.05) is 19.1 Å². The van der Waals surface area contributed by atoms with Gasteiger partial charge in [-0.2, -0.15) is 0 Å². The van der Waals surface area contributed by atoms with Gasteiger partial charge in [-0.3, -0.25) is 9.69 Å². The molecule has 100 valence electrons. The van der Waals surface area contributed by atoms with Crippen molar-refractivity contribution in [2.75, 3.05) is 26.2 Å². The highest BCUT2D eigenvalue weighted by Gasteiger charge is 2.29. The lowest BCUT2D eigenvalue weighted by atomic mass is 10.1. The van der Waals surface area contributed by atoms with E-state index in [1.807, 2.05) is 13.8 Å². The van der Waals surface area contributed by atoms with Crippen molar-refractivity contribution in [2.45, 2.75) is 45.4 Å². The number of morpholine rings is 1. The van der Waals surface area contributed by atoms with E-state index in [2.05, 4.69) is 17.1 Å². The van der Waals surface area contributed by atoms with Crippen LogP contribution in [0, 0.1) is 0 Å². The molecule has 1 rings (SSSR count). The quantitative estimate of drug-likeness (QED) is 0.714. The SMILES string of the molecule is CCNC(CN1CC(C)OCC1CC)C(=O)O. The number of nitrogens with one attached hydrogen (secondary N) is 1. The second-order valence-corrected chi connectivity index (χ2v) is 4.61. The Labute approximate surface area is 103 Å². The van der Waals surface area contributed by atoms with E-state index in [4.69, 9.17) is 9.84 Å². The highest BCUT2D eigenvalue weighted by Crippen LogP contribution is 2.14. The highest BCUT2D eigenvalue weighted by atomic mass is 16.5. The molecule has 1 fully saturated rings. The first-order chi connectivity index (χ1) is 8.08. The number of carboxylic acids is 1. The Hall–Kier alpha value is -0.650. The first-order valence-corrected chi connectivity index (χ1v) is 6.40. The summed E-state index contributed by atoms with van der Waals surface area (Å²) >= 11 is 0. The molecule has 0 aliphatic carbocycles. The van der Waals surface area contributed by atoms with Gasteiger partial charge in [0.15, 0.2) is 0 Å². The van der Waals surface area contributed by atoms with E-state index in [9.17, 15) is 4.79 Å². The number of nitrogens with zero attached hydrogens (tertiary/aromatic N) is 1. The maximum absolute atomic E-state index is 11.1. The van der Waals surface area contributed by atoms with Crippen LogP contribution in [-0.4, -0.2) is 60.4 Å². The lowest BCUT2D eigenvalue weighted by Gasteiger charge is -2.39. The van der Waals surface area contributed by atoms with Gasteiger partial charge in [0.25, 0.3) is 0 Å². The summed E-state index contributed by atoms with van der Waals surface area (Å²) in [6.45, 7) is 8.81. The summed E-state index contributed by atoms with van der Waals surface area (Å²) < 4.78 is 5.60. The van der Waals surface area contributed by atoms with E-state index in [0.717, 1.165) is 13.0 Å². The number of rotatable bonds is 6. The zero-order valence-electron chi connectivity index (χ0n) is 11.0. The Bertz CT molecular complexity index is 248. The van der Waals surface area contributed by atoms with Gasteiger partial charge in [-0.15, -0.1) is 0 Å². The van der Waals surface area contributed by atoms with Crippen LogP contribution in [0.15, 0.2) is 0 Å². The molecule has 1 aliphatic heterocycles. The molecule has 1 aliphatic rings. The smallest absolute Gasteiger partial charge is 0.322 e. The van der Waals surface area contributed by atoms with E-state index in [0.29, 0.717) is 25.7 Å². The molecule has 0 amide bonds. The minimum atomic E-state index is -0.777. The van der Waals surface area contributed by atoms with Gasteiger partial charge in [0.2, 0.25) is 0 Å². The zero-order chi connectivity index (χ0) is 12.8. The van der Waals surface area contributed by atoms with E-state index in [1.165, 1.54) is 0 Å². The van der Waals surface area contributed by atoms with Crippen LogP contribution >= 0.6 is 0 Å². The van der Waals surface area contributed by atoms with Gasteiger partial charge in [-0.25, -0.2) is 0 Å². The van der Waals surface area contributed by atoms with Gasteiger partial charge in [0.05, 0.1) is 12.7 Å². The summed E-state index contributed by atoms with van der Waals surface area (Å²) in [6, 6.07) is -0.147. The molecule has 0 aromatic heterocycles. The predicted octanol–water partition coefficient (Wildman–Crippen LogP) is 0.548. The third-order valence-electron chi connectivity index (χ3n) is 3.22. The van der Waals surface area contributed by atoms with Gasteiger partial charge in [0.1, 0.15) is 6.04 Å². The van der Waals surface area contributed by atoms with Crippen molar-refractivity contribution in [1.29, 1.82) is 0 Å². The summed E-state index contributed by atoms with van der Waals surface area (Å²) in [5.41, 5.74) is 0. The normalized spacial score (nSPS) is 27.9. The van der Waals surface area contributed by atoms with Crippen LogP contribution in [-0.2, 0) is 9.53 Å². The topological polar surface area (TPSA) is 61.8 Å². The number of aliphatic carboxylic acids is 1. The van der Waals surface area contributed by atoms with Crippen LogP contribution in [0.25, 0.3) is 0 Å². The van der Waals surface area contributed by atoms with Crippen molar-refractivity contribution >= 4 is 5.97 Å². The van der Waals surface area contributed by atoms with Crippen molar-refractivity contribution in [2.24, 2.45) is 0 Å². The Morgan fingerprint density at radius 3 is 2.82 bits per heavy atom. The zero-order valence-corrected chi connectivity index (χ0v) is 11.0. The molecule has 0 saturated carbocycles. The molecule has 3 unspecified atom stereocenters. The Morgan fingerprint density at radius 1 is 1.59 bits per heavy atom. The molecule has 2 N–H and O–H groups in total. The van der Waals surface area contributed by atoms with Crippen molar-refractivity contribution in [3.05, 3.63) is 0 Å². The molecular formula is C12H24N2O3. The van der Waals surface area contributed by atoms with Crippen molar-refractivity contribution < 1.29 is 14.6 Å². The van der Waals surface area contributed by atoms with Crippen molar-refractivity contribution in [1.82, 2.24) is 10.2 Å². The Morgan fingerprint density at radius 2 is 2.29 bits per heavy atom. The maximum atomic E-state index is 11.1. The molecule has 17 heavy (non-hydrogen) atoms. The highest BCUT2D eigenvalue weighted by molar-refractivity contribution is 5.73. The standard InChI is InChI=1S/C12H24N2O3/c1-4-10-8-17-9(3)6-14(10)7-11(12(15)16)13-5-2/h9-11,13H,4-8H2,1-3H3,(H,15,16). The molecule has 0 radical (unpaired) electrons. The average molecular weight is 244 g/mol. The van der Waals surface area contributed by atoms with E-state index in [1.54, 1.807) is 0 Å². The molecule has 5 nitrogen and oxygen atoms in total. The molecule has 1 saturated heterocycles. The first-order valence-electron chi connectivity index (χ1n) is 6.40. The molecule has 3 atom stereocenters. The first kappa shape index (κ1) is 14.4. The lowest BCUT2D eigenvalue weighted by molar-refractivity contribution is -0.141. The summed E-state index contributed by atoms with van der Waals surface area (Å²) in [5.74, 6) is -0.777. The number of carbonyl (C=O) groups is 1. The summed E-state index contributed by atoms with van der Waals surface area (Å²) in [6.07, 6.45) is 1.18. The molecule has 0 spiro atoms.